The number of nitrogens with zero attached hydrogens (tertiary/aromatic N) is 3. The summed E-state index contributed by atoms with van der Waals surface area (Å²) in [5.74, 6) is 0. The minimum atomic E-state index is -0.586. The lowest BCUT2D eigenvalue weighted by molar-refractivity contribution is -0.0486. The highest BCUT2D eigenvalue weighted by Gasteiger charge is 2.23. The first-order valence-electron chi connectivity index (χ1n) is 7.46. The number of aliphatic hydroxyl groups is 1. The molecule has 5 nitrogen and oxygen atoms in total. The molecule has 1 aliphatic rings. The highest BCUT2D eigenvalue weighted by Crippen LogP contribution is 2.23. The lowest BCUT2D eigenvalue weighted by Crippen LogP contribution is -2.45. The Balaban J connectivity index is 1.57. The molecule has 0 saturated carbocycles. The van der Waals surface area contributed by atoms with Crippen LogP contribution in [0.5, 0.6) is 0 Å². The molecule has 1 aliphatic heterocycles. The fourth-order valence-corrected chi connectivity index (χ4v) is 3.02. The summed E-state index contributed by atoms with van der Waals surface area (Å²) in [4.78, 5) is 2.21. The molecule has 1 aromatic carbocycles. The number of β-amino-alcohol motifs (C(OH)–C–C–N with tert-alkyl or cyclic N) is 1. The highest BCUT2D eigenvalue weighted by atomic mass is 35.5. The highest BCUT2D eigenvalue weighted by molar-refractivity contribution is 6.31. The second-order valence-electron chi connectivity index (χ2n) is 5.52. The van der Waals surface area contributed by atoms with E-state index >= 15 is 0 Å². The maximum atomic E-state index is 10.4. The van der Waals surface area contributed by atoms with Crippen LogP contribution < -0.4 is 0 Å². The lowest BCUT2D eigenvalue weighted by atomic mass is 10.1. The molecule has 1 aromatic heterocycles. The molecule has 0 unspecified atom stereocenters. The molecule has 0 aliphatic carbocycles. The number of rotatable bonds is 5. The smallest absolute Gasteiger partial charge is 0.0931 e. The number of aromatic nitrogens is 2. The average molecular weight is 322 g/mol. The first-order valence-corrected chi connectivity index (χ1v) is 7.84. The van der Waals surface area contributed by atoms with Crippen molar-refractivity contribution in [1.29, 1.82) is 0 Å². The normalized spacial score (nSPS) is 20.9. The minimum absolute atomic E-state index is 0.0899. The Morgan fingerprint density at radius 3 is 3.00 bits per heavy atom. The van der Waals surface area contributed by atoms with E-state index in [4.69, 9.17) is 16.3 Å². The molecular formula is C16H20ClN3O2. The van der Waals surface area contributed by atoms with Gasteiger partial charge in [-0.15, -0.1) is 0 Å². The van der Waals surface area contributed by atoms with Gasteiger partial charge in [0.2, 0.25) is 0 Å². The van der Waals surface area contributed by atoms with Gasteiger partial charge in [0.25, 0.3) is 0 Å². The van der Waals surface area contributed by atoms with E-state index in [1.54, 1.807) is 12.3 Å². The number of hydrogen-bond acceptors (Lipinski definition) is 4. The van der Waals surface area contributed by atoms with Crippen LogP contribution in [0.4, 0.5) is 0 Å². The quantitative estimate of drug-likeness (QED) is 0.915. The second kappa shape index (κ2) is 7.24. The first-order chi connectivity index (χ1) is 10.7. The lowest BCUT2D eigenvalue weighted by Gasteiger charge is -2.34. The second-order valence-corrected chi connectivity index (χ2v) is 5.92. The fourth-order valence-electron chi connectivity index (χ4n) is 2.76. The van der Waals surface area contributed by atoms with Crippen LogP contribution >= 0.6 is 11.6 Å². The Labute approximate surface area is 135 Å². The minimum Gasteiger partial charge on any atom is -0.387 e. The van der Waals surface area contributed by atoms with Crippen molar-refractivity contribution in [3.8, 4) is 0 Å². The molecule has 2 atom stereocenters. The number of benzene rings is 1. The topological polar surface area (TPSA) is 50.5 Å². The van der Waals surface area contributed by atoms with Gasteiger partial charge < -0.3 is 9.84 Å². The van der Waals surface area contributed by atoms with Gasteiger partial charge in [0.1, 0.15) is 0 Å². The average Bonchev–Trinajstić information content (AvgIpc) is 3.01. The van der Waals surface area contributed by atoms with Gasteiger partial charge in [0, 0.05) is 42.6 Å². The van der Waals surface area contributed by atoms with Gasteiger partial charge in [-0.05, 0) is 12.1 Å². The molecule has 2 heterocycles. The van der Waals surface area contributed by atoms with Gasteiger partial charge in [-0.3, -0.25) is 9.58 Å². The summed E-state index contributed by atoms with van der Waals surface area (Å²) in [7, 11) is 0. The number of hydrogen-bond donors (Lipinski definition) is 1. The molecule has 1 saturated heterocycles. The van der Waals surface area contributed by atoms with Crippen LogP contribution in [0.25, 0.3) is 0 Å². The molecule has 1 fully saturated rings. The van der Waals surface area contributed by atoms with Crippen LogP contribution in [0.2, 0.25) is 5.02 Å². The molecule has 3 rings (SSSR count). The third-order valence-corrected chi connectivity index (χ3v) is 4.21. The van der Waals surface area contributed by atoms with Crippen LogP contribution in [0, 0.1) is 0 Å². The Morgan fingerprint density at radius 1 is 1.36 bits per heavy atom. The van der Waals surface area contributed by atoms with Crippen LogP contribution in [0.15, 0.2) is 42.7 Å². The molecule has 6 heteroatoms. The van der Waals surface area contributed by atoms with Gasteiger partial charge in [-0.1, -0.05) is 29.8 Å². The molecular weight excluding hydrogens is 302 g/mol. The van der Waals surface area contributed by atoms with Crippen molar-refractivity contribution < 1.29 is 9.84 Å². The Morgan fingerprint density at radius 2 is 2.23 bits per heavy atom. The van der Waals surface area contributed by atoms with Gasteiger partial charge in [0.15, 0.2) is 0 Å². The third-order valence-electron chi connectivity index (χ3n) is 3.87. The summed E-state index contributed by atoms with van der Waals surface area (Å²) >= 11 is 6.15. The zero-order valence-electron chi connectivity index (χ0n) is 12.3. The number of halogens is 1. The van der Waals surface area contributed by atoms with E-state index in [1.165, 1.54) is 0 Å². The van der Waals surface area contributed by atoms with Crippen molar-refractivity contribution in [1.82, 2.24) is 14.7 Å². The SMILES string of the molecule is O[C@@H](CN1CCO[C@H](Cn2cccn2)C1)c1ccccc1Cl. The Bertz CT molecular complexity index is 591. The standard InChI is InChI=1S/C16H20ClN3O2/c17-15-5-2-1-4-14(15)16(21)12-19-8-9-22-13(10-19)11-20-7-3-6-18-20/h1-7,13,16,21H,8-12H2/t13-,16-/m0/s1. The fraction of sp³-hybridized carbons (Fsp3) is 0.438. The number of aliphatic hydroxyl groups excluding tert-OH is 1. The molecule has 22 heavy (non-hydrogen) atoms. The molecule has 0 spiro atoms. The van der Waals surface area contributed by atoms with Crippen molar-refractivity contribution >= 4 is 11.6 Å². The van der Waals surface area contributed by atoms with Crippen molar-refractivity contribution in [3.63, 3.8) is 0 Å². The van der Waals surface area contributed by atoms with E-state index < -0.39 is 6.10 Å². The van der Waals surface area contributed by atoms with E-state index in [0.29, 0.717) is 18.2 Å². The third kappa shape index (κ3) is 3.87. The molecule has 118 valence electrons. The van der Waals surface area contributed by atoms with Gasteiger partial charge in [-0.2, -0.15) is 5.10 Å². The van der Waals surface area contributed by atoms with Crippen LogP contribution in [0.1, 0.15) is 11.7 Å². The van der Waals surface area contributed by atoms with Gasteiger partial charge in [-0.25, -0.2) is 0 Å². The van der Waals surface area contributed by atoms with E-state index in [-0.39, 0.29) is 6.10 Å². The van der Waals surface area contributed by atoms with Crippen molar-refractivity contribution in [2.75, 3.05) is 26.2 Å². The van der Waals surface area contributed by atoms with Gasteiger partial charge in [0.05, 0.1) is 25.4 Å². The molecule has 0 bridgehead atoms. The maximum Gasteiger partial charge on any atom is 0.0931 e. The zero-order valence-corrected chi connectivity index (χ0v) is 13.1. The van der Waals surface area contributed by atoms with Crippen LogP contribution in [0.3, 0.4) is 0 Å². The maximum absolute atomic E-state index is 10.4. The van der Waals surface area contributed by atoms with E-state index in [1.807, 2.05) is 35.1 Å². The summed E-state index contributed by atoms with van der Waals surface area (Å²) in [5, 5.41) is 15.2. The van der Waals surface area contributed by atoms with Gasteiger partial charge >= 0.3 is 0 Å². The zero-order chi connectivity index (χ0) is 15.4. The summed E-state index contributed by atoms with van der Waals surface area (Å²) in [6, 6.07) is 9.34. The largest absolute Gasteiger partial charge is 0.387 e. The van der Waals surface area contributed by atoms with Crippen LogP contribution in [-0.2, 0) is 11.3 Å². The predicted octanol–water partition coefficient (Wildman–Crippen LogP) is 1.97. The molecule has 2 aromatic rings. The number of ether oxygens (including phenoxy) is 1. The summed E-state index contributed by atoms with van der Waals surface area (Å²) in [5.41, 5.74) is 0.777. The van der Waals surface area contributed by atoms with E-state index in [2.05, 4.69) is 10.00 Å². The monoisotopic (exact) mass is 321 g/mol. The summed E-state index contributed by atoms with van der Waals surface area (Å²) < 4.78 is 7.66. The van der Waals surface area contributed by atoms with Crippen molar-refractivity contribution in [3.05, 3.63) is 53.3 Å². The number of morpholine rings is 1. The molecule has 0 amide bonds. The van der Waals surface area contributed by atoms with Crippen molar-refractivity contribution in [2.24, 2.45) is 0 Å². The summed E-state index contributed by atoms with van der Waals surface area (Å²) in [6.45, 7) is 3.55. The predicted molar refractivity (Wildman–Crippen MR) is 84.8 cm³/mol. The first kappa shape index (κ1) is 15.5. The molecule has 1 N–H and O–H groups in total. The Hall–Kier alpha value is -1.40. The van der Waals surface area contributed by atoms with E-state index in [9.17, 15) is 5.11 Å². The Kier molecular flexibility index (Phi) is 5.10. The van der Waals surface area contributed by atoms with E-state index in [0.717, 1.165) is 25.2 Å². The summed E-state index contributed by atoms with van der Waals surface area (Å²) in [6.07, 6.45) is 3.20. The molecule has 0 radical (unpaired) electrons. The van der Waals surface area contributed by atoms with Crippen LogP contribution in [-0.4, -0.2) is 52.1 Å². The van der Waals surface area contributed by atoms with Crippen molar-refractivity contribution in [2.45, 2.75) is 18.8 Å².